The zero-order valence-electron chi connectivity index (χ0n) is 17.5. The minimum Gasteiger partial charge on any atom is -0.478 e. The third-order valence-electron chi connectivity index (χ3n) is 4.74. The second-order valence-corrected chi connectivity index (χ2v) is 7.93. The molecule has 0 aliphatic rings. The van der Waals surface area contributed by atoms with Crippen LogP contribution in [0, 0.1) is 0 Å². The predicted octanol–water partition coefficient (Wildman–Crippen LogP) is 4.08. The summed E-state index contributed by atoms with van der Waals surface area (Å²) in [4.78, 5) is 11.3. The summed E-state index contributed by atoms with van der Waals surface area (Å²) in [5, 5.41) is 0.813. The monoisotopic (exact) mass is 445 g/mol. The van der Waals surface area contributed by atoms with Gasteiger partial charge in [0, 0.05) is 17.5 Å². The van der Waals surface area contributed by atoms with Gasteiger partial charge in [0.2, 0.25) is 11.3 Å². The Balaban J connectivity index is 1.38. The number of aryl methyl sites for hydroxylation is 1. The fourth-order valence-corrected chi connectivity index (χ4v) is 3.72. The molecule has 1 unspecified atom stereocenters. The molecule has 1 heterocycles. The topological polar surface area (TPSA) is 87.0 Å². The maximum atomic E-state index is 12.1. The first kappa shape index (κ1) is 23.0. The Morgan fingerprint density at radius 3 is 2.71 bits per heavy atom. The van der Waals surface area contributed by atoms with Gasteiger partial charge in [0.25, 0.3) is 0 Å². The molecule has 0 amide bonds. The van der Waals surface area contributed by atoms with Crippen molar-refractivity contribution in [2.75, 3.05) is 20.3 Å². The normalized spacial score (nSPS) is 12.0. The minimum absolute atomic E-state index is 0.201. The van der Waals surface area contributed by atoms with Gasteiger partial charge >= 0.3 is 5.97 Å². The quantitative estimate of drug-likeness (QED) is 0.315. The molecule has 0 fully saturated rings. The van der Waals surface area contributed by atoms with Crippen molar-refractivity contribution in [3.05, 3.63) is 65.9 Å². The molecule has 1 atom stereocenters. The molecule has 1 aromatic heterocycles. The lowest BCUT2D eigenvalue weighted by molar-refractivity contribution is -0.142. The second kappa shape index (κ2) is 12.2. The average Bonchev–Trinajstić information content (AvgIpc) is 3.22. The summed E-state index contributed by atoms with van der Waals surface area (Å²) in [6.45, 7) is 0.549. The summed E-state index contributed by atoms with van der Waals surface area (Å²) in [5.41, 5.74) is 2.67. The molecule has 0 aliphatic heterocycles. The highest BCUT2D eigenvalue weighted by molar-refractivity contribution is 7.78. The maximum absolute atomic E-state index is 12.1. The highest BCUT2D eigenvalue weighted by Gasteiger charge is 2.13. The van der Waals surface area contributed by atoms with E-state index in [1.807, 2.05) is 24.3 Å². The molecule has 1 N–H and O–H groups in total. The molecular formula is C23H27NO6S. The van der Waals surface area contributed by atoms with Gasteiger partial charge in [-0.15, -0.1) is 0 Å². The molecule has 3 rings (SSSR count). The van der Waals surface area contributed by atoms with E-state index in [2.05, 4.69) is 21.6 Å². The second-order valence-electron chi connectivity index (χ2n) is 6.93. The molecule has 7 nitrogen and oxygen atoms in total. The maximum Gasteiger partial charge on any atom is 0.343 e. The standard InChI is InChI=1S/C23H27NO6S/c1-27-22(25)17-28-21-13-8-12-20-19(16-29-23(20)21)15-24-31(26)30-14-7-3-6-11-18-9-4-2-5-10-18/h2,4-5,8-10,12-13,16,24H,3,6-7,11,14-15,17H2,1H3. The first-order valence-electron chi connectivity index (χ1n) is 10.2. The van der Waals surface area contributed by atoms with Gasteiger partial charge < -0.3 is 13.9 Å². The number of methoxy groups -OCH3 is 1. The fourth-order valence-electron chi connectivity index (χ4n) is 3.10. The molecule has 31 heavy (non-hydrogen) atoms. The molecule has 8 heteroatoms. The summed E-state index contributed by atoms with van der Waals surface area (Å²) < 4.78 is 35.9. The summed E-state index contributed by atoms with van der Waals surface area (Å²) in [5.74, 6) is -0.0277. The molecule has 0 aliphatic carbocycles. The lowest BCUT2D eigenvalue weighted by atomic mass is 10.1. The molecule has 3 aromatic rings. The Labute approximate surface area is 184 Å². The van der Waals surface area contributed by atoms with Crippen LogP contribution in [-0.2, 0) is 37.9 Å². The van der Waals surface area contributed by atoms with E-state index >= 15 is 0 Å². The van der Waals surface area contributed by atoms with Crippen molar-refractivity contribution in [1.82, 2.24) is 4.72 Å². The van der Waals surface area contributed by atoms with Gasteiger partial charge in [-0.05, 0) is 30.9 Å². The molecule has 0 saturated heterocycles. The number of unbranched alkanes of at least 4 members (excludes halogenated alkanes) is 2. The van der Waals surface area contributed by atoms with E-state index in [-0.39, 0.29) is 6.61 Å². The number of hydrogen-bond acceptors (Lipinski definition) is 6. The van der Waals surface area contributed by atoms with E-state index in [0.717, 1.165) is 36.6 Å². The van der Waals surface area contributed by atoms with Gasteiger partial charge in [-0.2, -0.15) is 0 Å². The number of para-hydroxylation sites is 1. The third-order valence-corrected chi connectivity index (χ3v) is 5.50. The van der Waals surface area contributed by atoms with E-state index in [1.54, 1.807) is 18.4 Å². The van der Waals surface area contributed by atoms with Gasteiger partial charge in [-0.3, -0.25) is 4.18 Å². The van der Waals surface area contributed by atoms with Crippen molar-refractivity contribution in [2.24, 2.45) is 0 Å². The van der Waals surface area contributed by atoms with Crippen molar-refractivity contribution in [3.63, 3.8) is 0 Å². The van der Waals surface area contributed by atoms with Crippen LogP contribution in [0.5, 0.6) is 5.75 Å². The first-order chi connectivity index (χ1) is 15.2. The number of fused-ring (bicyclic) bond motifs is 1. The van der Waals surface area contributed by atoms with Crippen LogP contribution >= 0.6 is 0 Å². The van der Waals surface area contributed by atoms with Gasteiger partial charge in [0.1, 0.15) is 0 Å². The van der Waals surface area contributed by atoms with Crippen LogP contribution in [0.1, 0.15) is 30.4 Å². The summed E-state index contributed by atoms with van der Waals surface area (Å²) in [6.07, 6.45) is 5.57. The van der Waals surface area contributed by atoms with Crippen LogP contribution in [-0.4, -0.2) is 30.5 Å². The number of ether oxygens (including phenoxy) is 2. The van der Waals surface area contributed by atoms with E-state index < -0.39 is 17.2 Å². The smallest absolute Gasteiger partial charge is 0.343 e. The highest BCUT2D eigenvalue weighted by atomic mass is 32.2. The largest absolute Gasteiger partial charge is 0.478 e. The number of esters is 1. The van der Waals surface area contributed by atoms with Gasteiger partial charge in [0.15, 0.2) is 17.9 Å². The van der Waals surface area contributed by atoms with Crippen molar-refractivity contribution in [1.29, 1.82) is 0 Å². The van der Waals surface area contributed by atoms with Crippen molar-refractivity contribution in [2.45, 2.75) is 32.2 Å². The van der Waals surface area contributed by atoms with Gasteiger partial charge in [-0.25, -0.2) is 13.7 Å². The fraction of sp³-hybridized carbons (Fsp3) is 0.348. The Morgan fingerprint density at radius 1 is 1.06 bits per heavy atom. The Kier molecular flexibility index (Phi) is 9.08. The van der Waals surface area contributed by atoms with Crippen molar-refractivity contribution >= 4 is 28.2 Å². The Morgan fingerprint density at radius 2 is 1.90 bits per heavy atom. The number of hydrogen-bond donors (Lipinski definition) is 1. The van der Waals surface area contributed by atoms with Gasteiger partial charge in [0.05, 0.1) is 20.0 Å². The minimum atomic E-state index is -1.59. The summed E-state index contributed by atoms with van der Waals surface area (Å²) in [7, 11) is 1.30. The SMILES string of the molecule is COC(=O)COc1cccc2c(CNS(=O)OCCCCCc3ccccc3)coc12. The molecular weight excluding hydrogens is 418 g/mol. The number of rotatable bonds is 13. The first-order valence-corrected chi connectivity index (χ1v) is 11.3. The predicted molar refractivity (Wildman–Crippen MR) is 119 cm³/mol. The Bertz CT molecular complexity index is 988. The van der Waals surface area contributed by atoms with Gasteiger partial charge in [-0.1, -0.05) is 48.9 Å². The summed E-state index contributed by atoms with van der Waals surface area (Å²) >= 11 is -1.59. The third kappa shape index (κ3) is 7.20. The zero-order valence-corrected chi connectivity index (χ0v) is 18.3. The number of nitrogens with one attached hydrogen (secondary N) is 1. The lowest BCUT2D eigenvalue weighted by Gasteiger charge is -2.06. The van der Waals surface area contributed by atoms with Crippen LogP contribution in [0.4, 0.5) is 0 Å². The number of carbonyl (C=O) groups excluding carboxylic acids is 1. The van der Waals surface area contributed by atoms with Crippen LogP contribution in [0.25, 0.3) is 11.0 Å². The van der Waals surface area contributed by atoms with E-state index in [9.17, 15) is 9.00 Å². The van der Waals surface area contributed by atoms with Crippen LogP contribution in [0.3, 0.4) is 0 Å². The average molecular weight is 446 g/mol. The zero-order chi connectivity index (χ0) is 21.9. The Hall–Kier alpha value is -2.68. The van der Waals surface area contributed by atoms with E-state index in [4.69, 9.17) is 13.3 Å². The molecule has 0 spiro atoms. The molecule has 0 bridgehead atoms. The summed E-state index contributed by atoms with van der Waals surface area (Å²) in [6, 6.07) is 15.8. The van der Waals surface area contributed by atoms with Crippen LogP contribution in [0.15, 0.2) is 59.2 Å². The molecule has 0 saturated carbocycles. The number of furan rings is 1. The van der Waals surface area contributed by atoms with Crippen molar-refractivity contribution in [3.8, 4) is 5.75 Å². The number of carbonyl (C=O) groups is 1. The van der Waals surface area contributed by atoms with Crippen LogP contribution in [0.2, 0.25) is 0 Å². The number of benzene rings is 2. The van der Waals surface area contributed by atoms with E-state index in [1.165, 1.54) is 12.7 Å². The van der Waals surface area contributed by atoms with E-state index in [0.29, 0.717) is 24.5 Å². The van der Waals surface area contributed by atoms with Crippen molar-refractivity contribution < 1.29 is 27.1 Å². The molecule has 166 valence electrons. The van der Waals surface area contributed by atoms with Crippen LogP contribution < -0.4 is 9.46 Å². The molecule has 2 aromatic carbocycles. The lowest BCUT2D eigenvalue weighted by Crippen LogP contribution is -2.19. The highest BCUT2D eigenvalue weighted by Crippen LogP contribution is 2.29. The molecule has 0 radical (unpaired) electrons.